The van der Waals surface area contributed by atoms with Crippen LogP contribution in [0.4, 0.5) is 10.1 Å². The Labute approximate surface area is 119 Å². The number of nitrogens with one attached hydrogen (secondary N) is 2. The number of rotatable bonds is 2. The Balaban J connectivity index is 1.89. The fraction of sp³-hybridized carbons (Fsp3) is 0.0667. The molecule has 1 amide bonds. The SMILES string of the molecule is Cn1c(=O)[nH]c2cc(NC(=O)c3ccc(F)cc3)ccc21. The molecule has 0 atom stereocenters. The largest absolute Gasteiger partial charge is 0.326 e. The molecule has 5 nitrogen and oxygen atoms in total. The van der Waals surface area contributed by atoms with E-state index in [1.165, 1.54) is 28.8 Å². The van der Waals surface area contributed by atoms with E-state index in [4.69, 9.17) is 0 Å². The summed E-state index contributed by atoms with van der Waals surface area (Å²) in [5.74, 6) is -0.734. The molecule has 2 N–H and O–H groups in total. The summed E-state index contributed by atoms with van der Waals surface area (Å²) < 4.78 is 14.3. The number of hydrogen-bond donors (Lipinski definition) is 2. The Morgan fingerprint density at radius 1 is 1.19 bits per heavy atom. The summed E-state index contributed by atoms with van der Waals surface area (Å²) in [6, 6.07) is 10.4. The van der Waals surface area contributed by atoms with Crippen LogP contribution in [0.3, 0.4) is 0 Å². The number of hydrogen-bond acceptors (Lipinski definition) is 2. The van der Waals surface area contributed by atoms with E-state index in [1.807, 2.05) is 0 Å². The van der Waals surface area contributed by atoms with Gasteiger partial charge in [-0.05, 0) is 42.5 Å². The fourth-order valence-electron chi connectivity index (χ4n) is 2.12. The van der Waals surface area contributed by atoms with Crippen LogP contribution in [0, 0.1) is 5.82 Å². The Morgan fingerprint density at radius 3 is 2.62 bits per heavy atom. The van der Waals surface area contributed by atoms with Crippen LogP contribution in [-0.4, -0.2) is 15.5 Å². The normalized spacial score (nSPS) is 10.8. The zero-order chi connectivity index (χ0) is 15.0. The first-order valence-corrected chi connectivity index (χ1v) is 6.30. The van der Waals surface area contributed by atoms with Crippen molar-refractivity contribution in [2.45, 2.75) is 0 Å². The molecule has 1 aromatic heterocycles. The number of anilines is 1. The van der Waals surface area contributed by atoms with Gasteiger partial charge in [-0.2, -0.15) is 0 Å². The topological polar surface area (TPSA) is 66.9 Å². The molecule has 0 spiro atoms. The van der Waals surface area contributed by atoms with Gasteiger partial charge >= 0.3 is 5.69 Å². The van der Waals surface area contributed by atoms with Crippen molar-refractivity contribution >= 4 is 22.6 Å². The molecule has 0 aliphatic carbocycles. The fourth-order valence-corrected chi connectivity index (χ4v) is 2.12. The van der Waals surface area contributed by atoms with Crippen molar-refractivity contribution in [1.82, 2.24) is 9.55 Å². The van der Waals surface area contributed by atoms with E-state index in [9.17, 15) is 14.0 Å². The minimum Gasteiger partial charge on any atom is -0.322 e. The lowest BCUT2D eigenvalue weighted by Crippen LogP contribution is -2.11. The second kappa shape index (κ2) is 4.90. The van der Waals surface area contributed by atoms with Crippen LogP contribution in [0.15, 0.2) is 47.3 Å². The number of amides is 1. The highest BCUT2D eigenvalue weighted by molar-refractivity contribution is 6.04. The monoisotopic (exact) mass is 285 g/mol. The zero-order valence-corrected chi connectivity index (χ0v) is 11.2. The van der Waals surface area contributed by atoms with Gasteiger partial charge in [-0.3, -0.25) is 9.36 Å². The van der Waals surface area contributed by atoms with Gasteiger partial charge in [-0.15, -0.1) is 0 Å². The van der Waals surface area contributed by atoms with Crippen LogP contribution in [0.25, 0.3) is 11.0 Å². The number of H-pyrrole nitrogens is 1. The molecule has 0 aliphatic heterocycles. The van der Waals surface area contributed by atoms with Crippen LogP contribution in [0.5, 0.6) is 0 Å². The predicted molar refractivity (Wildman–Crippen MR) is 77.9 cm³/mol. The number of aromatic nitrogens is 2. The van der Waals surface area contributed by atoms with Gasteiger partial charge in [0.2, 0.25) is 0 Å². The Morgan fingerprint density at radius 2 is 1.90 bits per heavy atom. The number of imidazole rings is 1. The standard InChI is InChI=1S/C15H12FN3O2/c1-19-13-7-6-11(8-12(13)18-15(19)21)17-14(20)9-2-4-10(16)5-3-9/h2-8H,1H3,(H,17,20)(H,18,21). The van der Waals surface area contributed by atoms with Crippen molar-refractivity contribution in [3.63, 3.8) is 0 Å². The second-order valence-corrected chi connectivity index (χ2v) is 4.68. The molecule has 0 saturated heterocycles. The van der Waals surface area contributed by atoms with Gasteiger partial charge in [-0.1, -0.05) is 0 Å². The Hall–Kier alpha value is -2.89. The summed E-state index contributed by atoms with van der Waals surface area (Å²) >= 11 is 0. The third-order valence-corrected chi connectivity index (χ3v) is 3.27. The van der Waals surface area contributed by atoms with Gasteiger partial charge in [0.1, 0.15) is 5.82 Å². The molecule has 0 unspecified atom stereocenters. The average molecular weight is 285 g/mol. The minimum absolute atomic E-state index is 0.216. The molecule has 0 fully saturated rings. The first-order valence-electron chi connectivity index (χ1n) is 6.30. The number of carbonyl (C=O) groups is 1. The number of benzene rings is 2. The van der Waals surface area contributed by atoms with Crippen molar-refractivity contribution in [2.75, 3.05) is 5.32 Å². The number of halogens is 1. The zero-order valence-electron chi connectivity index (χ0n) is 11.2. The van der Waals surface area contributed by atoms with Gasteiger partial charge < -0.3 is 10.3 Å². The Kier molecular flexibility index (Phi) is 3.06. The third kappa shape index (κ3) is 2.43. The average Bonchev–Trinajstić information content (AvgIpc) is 2.74. The van der Waals surface area contributed by atoms with Crippen LogP contribution >= 0.6 is 0 Å². The van der Waals surface area contributed by atoms with Crippen molar-refractivity contribution in [2.24, 2.45) is 7.05 Å². The number of fused-ring (bicyclic) bond motifs is 1. The van der Waals surface area contributed by atoms with E-state index in [1.54, 1.807) is 25.2 Å². The highest BCUT2D eigenvalue weighted by atomic mass is 19.1. The van der Waals surface area contributed by atoms with Gasteiger partial charge in [-0.25, -0.2) is 9.18 Å². The first-order chi connectivity index (χ1) is 10.0. The first kappa shape index (κ1) is 13.1. The maximum absolute atomic E-state index is 12.8. The molecule has 0 bridgehead atoms. The molecule has 1 heterocycles. The highest BCUT2D eigenvalue weighted by Crippen LogP contribution is 2.17. The lowest BCUT2D eigenvalue weighted by atomic mass is 10.2. The van der Waals surface area contributed by atoms with Gasteiger partial charge in [0.05, 0.1) is 11.0 Å². The molecule has 2 aromatic carbocycles. The molecule has 0 radical (unpaired) electrons. The summed E-state index contributed by atoms with van der Waals surface area (Å²) in [4.78, 5) is 26.2. The highest BCUT2D eigenvalue weighted by Gasteiger charge is 2.08. The van der Waals surface area contributed by atoms with E-state index < -0.39 is 5.82 Å². The molecule has 6 heteroatoms. The van der Waals surface area contributed by atoms with Crippen LogP contribution in [0.2, 0.25) is 0 Å². The van der Waals surface area contributed by atoms with Gasteiger partial charge in [0.25, 0.3) is 5.91 Å². The van der Waals surface area contributed by atoms with Crippen LogP contribution < -0.4 is 11.0 Å². The predicted octanol–water partition coefficient (Wildman–Crippen LogP) is 2.26. The van der Waals surface area contributed by atoms with Crippen molar-refractivity contribution < 1.29 is 9.18 Å². The van der Waals surface area contributed by atoms with E-state index in [-0.39, 0.29) is 11.6 Å². The maximum atomic E-state index is 12.8. The smallest absolute Gasteiger partial charge is 0.322 e. The molecular formula is C15H12FN3O2. The van der Waals surface area contributed by atoms with E-state index >= 15 is 0 Å². The second-order valence-electron chi connectivity index (χ2n) is 4.68. The van der Waals surface area contributed by atoms with Gasteiger partial charge in [0.15, 0.2) is 0 Å². The van der Waals surface area contributed by atoms with Crippen LogP contribution in [-0.2, 0) is 7.05 Å². The molecule has 106 valence electrons. The lowest BCUT2D eigenvalue weighted by molar-refractivity contribution is 0.102. The van der Waals surface area contributed by atoms with Crippen molar-refractivity contribution in [3.8, 4) is 0 Å². The quantitative estimate of drug-likeness (QED) is 0.758. The molecule has 21 heavy (non-hydrogen) atoms. The molecule has 0 saturated carbocycles. The summed E-state index contributed by atoms with van der Waals surface area (Å²) in [5.41, 5.74) is 2.09. The van der Waals surface area contributed by atoms with E-state index in [0.717, 1.165) is 5.52 Å². The lowest BCUT2D eigenvalue weighted by Gasteiger charge is -2.05. The molecular weight excluding hydrogens is 273 g/mol. The van der Waals surface area contributed by atoms with Gasteiger partial charge in [0, 0.05) is 18.3 Å². The number of aryl methyl sites for hydroxylation is 1. The third-order valence-electron chi connectivity index (χ3n) is 3.27. The summed E-state index contributed by atoms with van der Waals surface area (Å²) in [7, 11) is 1.66. The molecule has 3 aromatic rings. The summed E-state index contributed by atoms with van der Waals surface area (Å²) in [5, 5.41) is 2.71. The van der Waals surface area contributed by atoms with Crippen molar-refractivity contribution in [1.29, 1.82) is 0 Å². The molecule has 3 rings (SSSR count). The minimum atomic E-state index is -0.394. The van der Waals surface area contributed by atoms with E-state index in [2.05, 4.69) is 10.3 Å². The maximum Gasteiger partial charge on any atom is 0.326 e. The number of nitrogens with zero attached hydrogens (tertiary/aromatic N) is 1. The number of carbonyl (C=O) groups excluding carboxylic acids is 1. The van der Waals surface area contributed by atoms with E-state index in [0.29, 0.717) is 16.8 Å². The summed E-state index contributed by atoms with van der Waals surface area (Å²) in [6.45, 7) is 0. The number of aromatic amines is 1. The van der Waals surface area contributed by atoms with Crippen molar-refractivity contribution in [3.05, 3.63) is 64.3 Å². The molecule has 0 aliphatic rings. The summed E-state index contributed by atoms with van der Waals surface area (Å²) in [6.07, 6.45) is 0. The van der Waals surface area contributed by atoms with Crippen LogP contribution in [0.1, 0.15) is 10.4 Å². The Bertz CT molecular complexity index is 878.